The third-order valence-electron chi connectivity index (χ3n) is 3.25. The molecule has 0 fully saturated rings. The van der Waals surface area contributed by atoms with Gasteiger partial charge in [0, 0.05) is 4.47 Å². The van der Waals surface area contributed by atoms with Gasteiger partial charge in [-0.05, 0) is 48.5 Å². The molecule has 0 aliphatic rings. The van der Waals surface area contributed by atoms with E-state index >= 15 is 0 Å². The molecule has 1 heterocycles. The minimum Gasteiger partial charge on any atom is -0.330 e. The lowest BCUT2D eigenvalue weighted by atomic mass is 10.2. The molecule has 2 aromatic carbocycles. The molecule has 3 aromatic rings. The Balaban J connectivity index is 2.13. The predicted octanol–water partition coefficient (Wildman–Crippen LogP) is 4.82. The summed E-state index contributed by atoms with van der Waals surface area (Å²) in [5.41, 5.74) is 4.73. The van der Waals surface area contributed by atoms with E-state index in [0.717, 1.165) is 26.8 Å². The van der Waals surface area contributed by atoms with Crippen LogP contribution in [0.4, 0.5) is 0 Å². The number of H-pyrrole nitrogens is 1. The summed E-state index contributed by atoms with van der Waals surface area (Å²) in [6.45, 7) is 2.87. The molecule has 1 aromatic heterocycles. The standard InChI is InChI=1S/C15H13BrN2S/c1-10-4-2-7-13-14(10)17-15(19)18(13)9-11-5-3-6-12(16)8-11/h2-8H,9H2,1H3,(H,17,19). The average Bonchev–Trinajstić information content (AvgIpc) is 2.69. The summed E-state index contributed by atoms with van der Waals surface area (Å²) in [5.74, 6) is 0. The summed E-state index contributed by atoms with van der Waals surface area (Å²) < 4.78 is 4.00. The van der Waals surface area contributed by atoms with Gasteiger partial charge in [0.15, 0.2) is 4.77 Å². The van der Waals surface area contributed by atoms with Gasteiger partial charge < -0.3 is 9.55 Å². The molecule has 0 spiro atoms. The molecule has 0 saturated carbocycles. The number of nitrogens with one attached hydrogen (secondary N) is 1. The molecule has 96 valence electrons. The second-order valence-electron chi connectivity index (χ2n) is 4.62. The molecule has 0 radical (unpaired) electrons. The van der Waals surface area contributed by atoms with Crippen LogP contribution >= 0.6 is 28.1 Å². The van der Waals surface area contributed by atoms with E-state index in [-0.39, 0.29) is 0 Å². The van der Waals surface area contributed by atoms with Gasteiger partial charge in [-0.1, -0.05) is 40.2 Å². The van der Waals surface area contributed by atoms with Crippen LogP contribution in [-0.2, 0) is 6.54 Å². The Morgan fingerprint density at radius 2 is 2.00 bits per heavy atom. The molecule has 2 nitrogen and oxygen atoms in total. The van der Waals surface area contributed by atoms with E-state index in [1.165, 1.54) is 11.1 Å². The number of imidazole rings is 1. The maximum absolute atomic E-state index is 5.44. The number of aromatic nitrogens is 2. The molecule has 19 heavy (non-hydrogen) atoms. The number of halogens is 1. The van der Waals surface area contributed by atoms with Gasteiger partial charge >= 0.3 is 0 Å². The number of hydrogen-bond acceptors (Lipinski definition) is 1. The Labute approximate surface area is 125 Å². The fraction of sp³-hybridized carbons (Fsp3) is 0.133. The van der Waals surface area contributed by atoms with Crippen LogP contribution in [0.3, 0.4) is 0 Å². The second-order valence-corrected chi connectivity index (χ2v) is 5.92. The van der Waals surface area contributed by atoms with E-state index in [0.29, 0.717) is 0 Å². The van der Waals surface area contributed by atoms with Crippen molar-refractivity contribution in [1.82, 2.24) is 9.55 Å². The number of benzene rings is 2. The summed E-state index contributed by atoms with van der Waals surface area (Å²) in [7, 11) is 0. The molecular weight excluding hydrogens is 320 g/mol. The van der Waals surface area contributed by atoms with Crippen molar-refractivity contribution < 1.29 is 0 Å². The van der Waals surface area contributed by atoms with Gasteiger partial charge in [0.25, 0.3) is 0 Å². The zero-order valence-corrected chi connectivity index (χ0v) is 12.9. The molecule has 0 bridgehead atoms. The van der Waals surface area contributed by atoms with E-state index in [1.807, 2.05) is 12.1 Å². The third-order valence-corrected chi connectivity index (χ3v) is 4.06. The quantitative estimate of drug-likeness (QED) is 0.667. The minimum atomic E-state index is 0.768. The minimum absolute atomic E-state index is 0.768. The zero-order chi connectivity index (χ0) is 13.4. The normalized spacial score (nSPS) is 11.1. The van der Waals surface area contributed by atoms with Gasteiger partial charge in [0.05, 0.1) is 17.6 Å². The van der Waals surface area contributed by atoms with Crippen LogP contribution in [0.25, 0.3) is 11.0 Å². The number of aryl methyl sites for hydroxylation is 1. The Kier molecular flexibility index (Phi) is 3.29. The van der Waals surface area contributed by atoms with Crippen molar-refractivity contribution >= 4 is 39.2 Å². The highest BCUT2D eigenvalue weighted by molar-refractivity contribution is 9.10. The number of para-hydroxylation sites is 1. The van der Waals surface area contributed by atoms with Gasteiger partial charge in [-0.3, -0.25) is 0 Å². The smallest absolute Gasteiger partial charge is 0.178 e. The molecule has 1 N–H and O–H groups in total. The summed E-state index contributed by atoms with van der Waals surface area (Å²) in [6.07, 6.45) is 0. The lowest BCUT2D eigenvalue weighted by molar-refractivity contribution is 0.810. The molecule has 0 aliphatic heterocycles. The van der Waals surface area contributed by atoms with E-state index < -0.39 is 0 Å². The highest BCUT2D eigenvalue weighted by atomic mass is 79.9. The van der Waals surface area contributed by atoms with Crippen LogP contribution in [-0.4, -0.2) is 9.55 Å². The molecule has 0 unspecified atom stereocenters. The van der Waals surface area contributed by atoms with Gasteiger partial charge in [0.1, 0.15) is 0 Å². The van der Waals surface area contributed by atoms with Gasteiger partial charge in [-0.15, -0.1) is 0 Å². The van der Waals surface area contributed by atoms with Crippen molar-refractivity contribution in [3.63, 3.8) is 0 Å². The highest BCUT2D eigenvalue weighted by Crippen LogP contribution is 2.20. The SMILES string of the molecule is Cc1cccc2c1[nH]c(=S)n2Cc1cccc(Br)c1. The van der Waals surface area contributed by atoms with Crippen molar-refractivity contribution in [2.24, 2.45) is 0 Å². The van der Waals surface area contributed by atoms with Crippen molar-refractivity contribution in [2.45, 2.75) is 13.5 Å². The average molecular weight is 333 g/mol. The van der Waals surface area contributed by atoms with Crippen LogP contribution in [0, 0.1) is 11.7 Å². The molecule has 4 heteroatoms. The first kappa shape index (κ1) is 12.6. The molecule has 0 saturated heterocycles. The number of hydrogen-bond donors (Lipinski definition) is 1. The lowest BCUT2D eigenvalue weighted by Crippen LogP contribution is -1.99. The number of fused-ring (bicyclic) bond motifs is 1. The van der Waals surface area contributed by atoms with Gasteiger partial charge in [0.2, 0.25) is 0 Å². The number of nitrogens with zero attached hydrogens (tertiary/aromatic N) is 1. The first-order valence-corrected chi connectivity index (χ1v) is 7.28. The van der Waals surface area contributed by atoms with Gasteiger partial charge in [-0.2, -0.15) is 0 Å². The maximum Gasteiger partial charge on any atom is 0.178 e. The molecular formula is C15H13BrN2S. The summed E-state index contributed by atoms with van der Waals surface area (Å²) >= 11 is 8.94. The molecule has 0 atom stereocenters. The largest absolute Gasteiger partial charge is 0.330 e. The van der Waals surface area contributed by atoms with Crippen LogP contribution in [0.15, 0.2) is 46.9 Å². The van der Waals surface area contributed by atoms with E-state index in [9.17, 15) is 0 Å². The van der Waals surface area contributed by atoms with Crippen LogP contribution in [0.5, 0.6) is 0 Å². The summed E-state index contributed by atoms with van der Waals surface area (Å²) in [5, 5.41) is 0. The maximum atomic E-state index is 5.44. The van der Waals surface area contributed by atoms with E-state index in [4.69, 9.17) is 12.2 Å². The van der Waals surface area contributed by atoms with Crippen molar-refractivity contribution in [3.05, 3.63) is 62.8 Å². The number of rotatable bonds is 2. The van der Waals surface area contributed by atoms with Crippen LogP contribution in [0.2, 0.25) is 0 Å². The van der Waals surface area contributed by atoms with E-state index in [2.05, 4.69) is 62.7 Å². The highest BCUT2D eigenvalue weighted by Gasteiger charge is 2.06. The molecule has 3 rings (SSSR count). The second kappa shape index (κ2) is 4.94. The summed E-state index contributed by atoms with van der Waals surface area (Å²) in [4.78, 5) is 3.30. The molecule has 0 aliphatic carbocycles. The monoisotopic (exact) mass is 332 g/mol. The van der Waals surface area contributed by atoms with E-state index in [1.54, 1.807) is 0 Å². The predicted molar refractivity (Wildman–Crippen MR) is 85.1 cm³/mol. The Hall–Kier alpha value is -1.39. The zero-order valence-electron chi connectivity index (χ0n) is 10.5. The number of aromatic amines is 1. The Morgan fingerprint density at radius 1 is 1.21 bits per heavy atom. The first-order chi connectivity index (χ1) is 9.15. The first-order valence-electron chi connectivity index (χ1n) is 6.08. The van der Waals surface area contributed by atoms with Crippen LogP contribution < -0.4 is 0 Å². The molecule has 0 amide bonds. The Morgan fingerprint density at radius 3 is 2.79 bits per heavy atom. The summed E-state index contributed by atoms with van der Waals surface area (Å²) in [6, 6.07) is 14.6. The fourth-order valence-corrected chi connectivity index (χ4v) is 3.01. The lowest BCUT2D eigenvalue weighted by Gasteiger charge is -2.05. The van der Waals surface area contributed by atoms with Crippen molar-refractivity contribution in [3.8, 4) is 0 Å². The van der Waals surface area contributed by atoms with Gasteiger partial charge in [-0.25, -0.2) is 0 Å². The Bertz CT molecular complexity index is 801. The third kappa shape index (κ3) is 2.38. The van der Waals surface area contributed by atoms with Crippen molar-refractivity contribution in [1.29, 1.82) is 0 Å². The van der Waals surface area contributed by atoms with Crippen LogP contribution in [0.1, 0.15) is 11.1 Å². The topological polar surface area (TPSA) is 20.7 Å². The van der Waals surface area contributed by atoms with Crippen molar-refractivity contribution in [2.75, 3.05) is 0 Å². The fourth-order valence-electron chi connectivity index (χ4n) is 2.30.